The lowest BCUT2D eigenvalue weighted by molar-refractivity contribution is -0.120. The molecule has 0 fully saturated rings. The van der Waals surface area contributed by atoms with Gasteiger partial charge in [0.15, 0.2) is 0 Å². The molecule has 2 nitrogen and oxygen atoms in total. The van der Waals surface area contributed by atoms with Crippen molar-refractivity contribution in [2.75, 3.05) is 0 Å². The third kappa shape index (κ3) is 6.01. The highest BCUT2D eigenvalue weighted by atomic mass is 16.1. The van der Waals surface area contributed by atoms with Crippen LogP contribution < -0.4 is 5.32 Å². The molecule has 0 aliphatic heterocycles. The van der Waals surface area contributed by atoms with Crippen LogP contribution in [0.4, 0.5) is 0 Å². The normalized spacial score (nSPS) is 15.1. The van der Waals surface area contributed by atoms with Crippen LogP contribution in [0.5, 0.6) is 0 Å². The van der Waals surface area contributed by atoms with Gasteiger partial charge in [0.25, 0.3) is 0 Å². The minimum absolute atomic E-state index is 0.0641. The molecule has 0 unspecified atom stereocenters. The van der Waals surface area contributed by atoms with Crippen molar-refractivity contribution in [1.29, 1.82) is 0 Å². The summed E-state index contributed by atoms with van der Waals surface area (Å²) in [5.74, 6) is 0.0641. The van der Waals surface area contributed by atoms with Crippen LogP contribution in [-0.4, -0.2) is 11.9 Å². The van der Waals surface area contributed by atoms with E-state index in [1.54, 1.807) is 6.92 Å². The molecule has 0 spiro atoms. The number of carbonyl (C=O) groups is 1. The number of rotatable bonds is 2. The molecule has 0 aliphatic rings. The van der Waals surface area contributed by atoms with Gasteiger partial charge in [-0.25, -0.2) is 0 Å². The minimum atomic E-state index is 0.0641. The molecular weight excluding hydrogens is 174 g/mol. The Kier molecular flexibility index (Phi) is 4.16. The summed E-state index contributed by atoms with van der Waals surface area (Å²) < 4.78 is 0. The zero-order chi connectivity index (χ0) is 11.6. The lowest BCUT2D eigenvalue weighted by Crippen LogP contribution is -2.44. The Morgan fingerprint density at radius 3 is 1.79 bits per heavy atom. The first kappa shape index (κ1) is 13.5. The first-order valence-electron chi connectivity index (χ1n) is 5.29. The van der Waals surface area contributed by atoms with Crippen LogP contribution in [0.2, 0.25) is 0 Å². The quantitative estimate of drug-likeness (QED) is 0.728. The van der Waals surface area contributed by atoms with Crippen molar-refractivity contribution in [1.82, 2.24) is 5.32 Å². The van der Waals surface area contributed by atoms with E-state index in [1.165, 1.54) is 0 Å². The fourth-order valence-corrected chi connectivity index (χ4v) is 1.43. The smallest absolute Gasteiger partial charge is 0.217 e. The molecule has 0 aliphatic carbocycles. The summed E-state index contributed by atoms with van der Waals surface area (Å²) in [7, 11) is 0. The van der Waals surface area contributed by atoms with Crippen LogP contribution in [0.25, 0.3) is 0 Å². The van der Waals surface area contributed by atoms with Gasteiger partial charge in [-0.15, -0.1) is 0 Å². The highest BCUT2D eigenvalue weighted by Gasteiger charge is 2.29. The molecule has 0 aromatic carbocycles. The summed E-state index contributed by atoms with van der Waals surface area (Å²) in [6.07, 6.45) is 1.01. The lowest BCUT2D eigenvalue weighted by atomic mass is 9.77. The predicted octanol–water partition coefficient (Wildman–Crippen LogP) is 2.97. The zero-order valence-electron chi connectivity index (χ0n) is 10.7. The molecule has 0 aromatic heterocycles. The third-order valence-corrected chi connectivity index (χ3v) is 2.24. The van der Waals surface area contributed by atoms with Crippen molar-refractivity contribution in [3.63, 3.8) is 0 Å². The van der Waals surface area contributed by atoms with Crippen molar-refractivity contribution in [2.45, 2.75) is 60.9 Å². The van der Waals surface area contributed by atoms with Gasteiger partial charge in [0, 0.05) is 13.0 Å². The molecule has 0 aromatic rings. The molecule has 1 amide bonds. The lowest BCUT2D eigenvalue weighted by Gasteiger charge is -2.35. The summed E-state index contributed by atoms with van der Waals surface area (Å²) in [4.78, 5) is 11.1. The first-order valence-corrected chi connectivity index (χ1v) is 5.29. The predicted molar refractivity (Wildman–Crippen MR) is 61.1 cm³/mol. The van der Waals surface area contributed by atoms with Crippen molar-refractivity contribution in [3.8, 4) is 0 Å². The van der Waals surface area contributed by atoms with Crippen LogP contribution in [-0.2, 0) is 4.79 Å². The molecule has 0 saturated heterocycles. The van der Waals surface area contributed by atoms with Gasteiger partial charge in [-0.2, -0.15) is 0 Å². The Bertz CT molecular complexity index is 195. The fraction of sp³-hybridized carbons (Fsp3) is 0.917. The second kappa shape index (κ2) is 4.33. The Balaban J connectivity index is 4.50. The summed E-state index contributed by atoms with van der Waals surface area (Å²) in [5, 5.41) is 3.04. The SMILES string of the molecule is CC(=O)N[C@@H](CC(C)(C)C)C(C)(C)C. The summed E-state index contributed by atoms with van der Waals surface area (Å²) in [6.45, 7) is 14.7. The Hall–Kier alpha value is -0.530. The number of hydrogen-bond acceptors (Lipinski definition) is 1. The van der Waals surface area contributed by atoms with E-state index in [-0.39, 0.29) is 22.8 Å². The summed E-state index contributed by atoms with van der Waals surface area (Å²) >= 11 is 0. The van der Waals surface area contributed by atoms with Gasteiger partial charge < -0.3 is 5.32 Å². The number of carbonyl (C=O) groups excluding carboxylic acids is 1. The van der Waals surface area contributed by atoms with E-state index in [1.807, 2.05) is 0 Å². The van der Waals surface area contributed by atoms with Gasteiger partial charge in [0.2, 0.25) is 5.91 Å². The van der Waals surface area contributed by atoms with Crippen LogP contribution in [0.3, 0.4) is 0 Å². The van der Waals surface area contributed by atoms with Crippen LogP contribution >= 0.6 is 0 Å². The second-order valence-electron chi connectivity index (χ2n) is 6.38. The van der Waals surface area contributed by atoms with E-state index in [2.05, 4.69) is 46.9 Å². The standard InChI is InChI=1S/C12H25NO/c1-9(14)13-10(12(5,6)7)8-11(2,3)4/h10H,8H2,1-7H3,(H,13,14)/t10-/m0/s1. The van der Waals surface area contributed by atoms with Crippen molar-refractivity contribution in [3.05, 3.63) is 0 Å². The second-order valence-corrected chi connectivity index (χ2v) is 6.38. The van der Waals surface area contributed by atoms with Gasteiger partial charge in [-0.1, -0.05) is 41.5 Å². The van der Waals surface area contributed by atoms with Gasteiger partial charge >= 0.3 is 0 Å². The van der Waals surface area contributed by atoms with Gasteiger partial charge in [-0.05, 0) is 17.3 Å². The van der Waals surface area contributed by atoms with E-state index in [4.69, 9.17) is 0 Å². The van der Waals surface area contributed by atoms with Gasteiger partial charge in [-0.3, -0.25) is 4.79 Å². The number of nitrogens with one attached hydrogen (secondary N) is 1. The molecule has 14 heavy (non-hydrogen) atoms. The maximum Gasteiger partial charge on any atom is 0.217 e. The van der Waals surface area contributed by atoms with E-state index in [0.29, 0.717) is 0 Å². The molecule has 1 atom stereocenters. The number of amides is 1. The average molecular weight is 199 g/mol. The van der Waals surface area contributed by atoms with E-state index in [0.717, 1.165) is 6.42 Å². The topological polar surface area (TPSA) is 29.1 Å². The molecule has 2 heteroatoms. The summed E-state index contributed by atoms with van der Waals surface area (Å²) in [6, 6.07) is 0.250. The molecule has 0 rings (SSSR count). The highest BCUT2D eigenvalue weighted by Crippen LogP contribution is 2.30. The minimum Gasteiger partial charge on any atom is -0.353 e. The molecular formula is C12H25NO. The Morgan fingerprint density at radius 2 is 1.57 bits per heavy atom. The largest absolute Gasteiger partial charge is 0.353 e. The molecule has 0 saturated carbocycles. The molecule has 0 bridgehead atoms. The summed E-state index contributed by atoms with van der Waals surface area (Å²) in [5.41, 5.74) is 0.374. The average Bonchev–Trinajstić information content (AvgIpc) is 1.78. The third-order valence-electron chi connectivity index (χ3n) is 2.24. The molecule has 0 heterocycles. The Morgan fingerprint density at radius 1 is 1.14 bits per heavy atom. The van der Waals surface area contributed by atoms with Crippen molar-refractivity contribution in [2.24, 2.45) is 10.8 Å². The van der Waals surface area contributed by atoms with Crippen molar-refractivity contribution < 1.29 is 4.79 Å². The van der Waals surface area contributed by atoms with E-state index < -0.39 is 0 Å². The maximum atomic E-state index is 11.1. The Labute approximate surface area is 88.5 Å². The fourth-order valence-electron chi connectivity index (χ4n) is 1.43. The molecule has 0 radical (unpaired) electrons. The van der Waals surface area contributed by atoms with E-state index in [9.17, 15) is 4.79 Å². The van der Waals surface area contributed by atoms with E-state index >= 15 is 0 Å². The maximum absolute atomic E-state index is 11.1. The first-order chi connectivity index (χ1) is 6.02. The molecule has 1 N–H and O–H groups in total. The molecule has 84 valence electrons. The zero-order valence-corrected chi connectivity index (χ0v) is 10.7. The van der Waals surface area contributed by atoms with Crippen LogP contribution in [0, 0.1) is 10.8 Å². The monoisotopic (exact) mass is 199 g/mol. The highest BCUT2D eigenvalue weighted by molar-refractivity contribution is 5.73. The van der Waals surface area contributed by atoms with Crippen LogP contribution in [0.15, 0.2) is 0 Å². The number of hydrogen-bond donors (Lipinski definition) is 1. The van der Waals surface area contributed by atoms with Crippen LogP contribution in [0.1, 0.15) is 54.9 Å². The van der Waals surface area contributed by atoms with Crippen molar-refractivity contribution >= 4 is 5.91 Å². The van der Waals surface area contributed by atoms with Gasteiger partial charge in [0.05, 0.1) is 0 Å². The van der Waals surface area contributed by atoms with Gasteiger partial charge in [0.1, 0.15) is 0 Å².